The molecule has 0 aliphatic rings. The molecule has 6 nitrogen and oxygen atoms in total. The average molecular weight is 281 g/mol. The molecule has 1 aromatic carbocycles. The fourth-order valence-electron chi connectivity index (χ4n) is 1.60. The van der Waals surface area contributed by atoms with Crippen LogP contribution < -0.4 is 5.32 Å². The topological polar surface area (TPSA) is 95.9 Å². The van der Waals surface area contributed by atoms with Crippen LogP contribution in [0.4, 0.5) is 0 Å². The molecule has 1 rings (SSSR count). The largest absolute Gasteiger partial charge is 0.508 e. The first-order valence-corrected chi connectivity index (χ1v) is 6.37. The first-order chi connectivity index (χ1) is 9.43. The van der Waals surface area contributed by atoms with Crippen LogP contribution in [0.2, 0.25) is 0 Å². The van der Waals surface area contributed by atoms with Crippen LogP contribution in [0.3, 0.4) is 0 Å². The number of ether oxygens (including phenoxy) is 1. The van der Waals surface area contributed by atoms with Crippen molar-refractivity contribution in [3.8, 4) is 5.75 Å². The van der Waals surface area contributed by atoms with E-state index in [2.05, 4.69) is 5.32 Å². The number of aliphatic hydroxyl groups excluding tert-OH is 1. The standard InChI is InChI=1S/C14H19NO5/c1-3-20-14(19)12(15-13(18)9(2)16)8-10-4-6-11(17)7-5-10/h4-7,9,12,16-17H,3,8H2,1-2H3,(H,15,18)/t9?,12-/m0/s1. The third kappa shape index (κ3) is 4.89. The molecule has 0 radical (unpaired) electrons. The number of aliphatic hydroxyl groups is 1. The SMILES string of the molecule is CCOC(=O)[C@H](Cc1ccc(O)cc1)NC(=O)C(C)O. The van der Waals surface area contributed by atoms with Crippen LogP contribution in [0.15, 0.2) is 24.3 Å². The summed E-state index contributed by atoms with van der Waals surface area (Å²) in [5, 5.41) is 20.8. The molecule has 0 aliphatic heterocycles. The zero-order valence-electron chi connectivity index (χ0n) is 11.5. The van der Waals surface area contributed by atoms with Gasteiger partial charge in [0.05, 0.1) is 6.61 Å². The van der Waals surface area contributed by atoms with Gasteiger partial charge in [-0.25, -0.2) is 4.79 Å². The third-order valence-corrected chi connectivity index (χ3v) is 2.64. The molecule has 0 aromatic heterocycles. The van der Waals surface area contributed by atoms with Crippen LogP contribution in [0, 0.1) is 0 Å². The molecular formula is C14H19NO5. The van der Waals surface area contributed by atoms with Crippen LogP contribution in [0.5, 0.6) is 5.75 Å². The van der Waals surface area contributed by atoms with Gasteiger partial charge in [-0.05, 0) is 31.5 Å². The van der Waals surface area contributed by atoms with Crippen LogP contribution in [-0.4, -0.2) is 40.8 Å². The highest BCUT2D eigenvalue weighted by molar-refractivity contribution is 5.86. The van der Waals surface area contributed by atoms with E-state index >= 15 is 0 Å². The fraction of sp³-hybridized carbons (Fsp3) is 0.429. The zero-order chi connectivity index (χ0) is 15.1. The molecule has 6 heteroatoms. The monoisotopic (exact) mass is 281 g/mol. The molecule has 20 heavy (non-hydrogen) atoms. The molecule has 0 spiro atoms. The second-order valence-electron chi connectivity index (χ2n) is 4.36. The molecule has 0 heterocycles. The summed E-state index contributed by atoms with van der Waals surface area (Å²) >= 11 is 0. The lowest BCUT2D eigenvalue weighted by Crippen LogP contribution is -2.46. The number of hydrogen-bond donors (Lipinski definition) is 3. The second kappa shape index (κ2) is 7.49. The van der Waals surface area contributed by atoms with Crippen molar-refractivity contribution < 1.29 is 24.5 Å². The van der Waals surface area contributed by atoms with E-state index < -0.39 is 24.0 Å². The Kier molecular flexibility index (Phi) is 5.99. The van der Waals surface area contributed by atoms with Gasteiger partial charge in [-0.3, -0.25) is 4.79 Å². The predicted octanol–water partition coefficient (Wildman–Crippen LogP) is 0.363. The van der Waals surface area contributed by atoms with Crippen LogP contribution in [-0.2, 0) is 20.7 Å². The Hall–Kier alpha value is -2.08. The molecule has 1 aromatic rings. The number of nitrogens with one attached hydrogen (secondary N) is 1. The zero-order valence-corrected chi connectivity index (χ0v) is 11.5. The Labute approximate surface area is 117 Å². The van der Waals surface area contributed by atoms with Crippen molar-refractivity contribution in [1.82, 2.24) is 5.32 Å². The molecular weight excluding hydrogens is 262 g/mol. The van der Waals surface area contributed by atoms with Gasteiger partial charge >= 0.3 is 5.97 Å². The molecule has 110 valence electrons. The molecule has 0 saturated carbocycles. The Balaban J connectivity index is 2.79. The molecule has 1 amide bonds. The van der Waals surface area contributed by atoms with E-state index in [1.807, 2.05) is 0 Å². The van der Waals surface area contributed by atoms with Gasteiger partial charge in [0.1, 0.15) is 17.9 Å². The summed E-state index contributed by atoms with van der Waals surface area (Å²) < 4.78 is 4.90. The first kappa shape index (κ1) is 16.0. The van der Waals surface area contributed by atoms with E-state index in [1.165, 1.54) is 19.1 Å². The molecule has 2 atom stereocenters. The van der Waals surface area contributed by atoms with E-state index in [4.69, 9.17) is 4.74 Å². The summed E-state index contributed by atoms with van der Waals surface area (Å²) in [6.45, 7) is 3.19. The van der Waals surface area contributed by atoms with Crippen molar-refractivity contribution in [2.45, 2.75) is 32.4 Å². The normalized spacial score (nSPS) is 13.3. The number of aromatic hydroxyl groups is 1. The maximum absolute atomic E-state index is 11.8. The highest BCUT2D eigenvalue weighted by Crippen LogP contribution is 2.12. The van der Waals surface area contributed by atoms with E-state index in [0.717, 1.165) is 5.56 Å². The van der Waals surface area contributed by atoms with Gasteiger partial charge in [-0.1, -0.05) is 12.1 Å². The minimum Gasteiger partial charge on any atom is -0.508 e. The molecule has 0 aliphatic carbocycles. The highest BCUT2D eigenvalue weighted by Gasteiger charge is 2.24. The van der Waals surface area contributed by atoms with Gasteiger partial charge < -0.3 is 20.3 Å². The Bertz CT molecular complexity index is 455. The number of phenolic OH excluding ortho intramolecular Hbond substituents is 1. The molecule has 3 N–H and O–H groups in total. The lowest BCUT2D eigenvalue weighted by molar-refractivity contribution is -0.148. The molecule has 0 saturated heterocycles. The maximum Gasteiger partial charge on any atom is 0.328 e. The first-order valence-electron chi connectivity index (χ1n) is 6.37. The van der Waals surface area contributed by atoms with Gasteiger partial charge in [0.2, 0.25) is 5.91 Å². The van der Waals surface area contributed by atoms with Gasteiger partial charge in [0.15, 0.2) is 0 Å². The highest BCUT2D eigenvalue weighted by atomic mass is 16.5. The van der Waals surface area contributed by atoms with E-state index in [9.17, 15) is 19.8 Å². The average Bonchev–Trinajstić information content (AvgIpc) is 2.40. The Morgan fingerprint density at radius 2 is 1.90 bits per heavy atom. The fourth-order valence-corrected chi connectivity index (χ4v) is 1.60. The molecule has 1 unspecified atom stereocenters. The summed E-state index contributed by atoms with van der Waals surface area (Å²) in [6, 6.07) is 5.41. The number of carbonyl (C=O) groups is 2. The summed E-state index contributed by atoms with van der Waals surface area (Å²) in [4.78, 5) is 23.3. The van der Waals surface area contributed by atoms with Crippen molar-refractivity contribution in [1.29, 1.82) is 0 Å². The third-order valence-electron chi connectivity index (χ3n) is 2.64. The number of benzene rings is 1. The minimum absolute atomic E-state index is 0.120. The Morgan fingerprint density at radius 3 is 2.40 bits per heavy atom. The summed E-state index contributed by atoms with van der Waals surface area (Å²) in [5.41, 5.74) is 0.756. The lowest BCUT2D eigenvalue weighted by atomic mass is 10.1. The number of amides is 1. The number of hydrogen-bond acceptors (Lipinski definition) is 5. The number of rotatable bonds is 6. The number of esters is 1. The predicted molar refractivity (Wildman–Crippen MR) is 72.1 cm³/mol. The van der Waals surface area contributed by atoms with Crippen molar-refractivity contribution >= 4 is 11.9 Å². The second-order valence-corrected chi connectivity index (χ2v) is 4.36. The van der Waals surface area contributed by atoms with Crippen molar-refractivity contribution in [3.05, 3.63) is 29.8 Å². The van der Waals surface area contributed by atoms with Crippen molar-refractivity contribution in [2.24, 2.45) is 0 Å². The smallest absolute Gasteiger partial charge is 0.328 e. The van der Waals surface area contributed by atoms with E-state index in [1.54, 1.807) is 19.1 Å². The van der Waals surface area contributed by atoms with Gasteiger partial charge in [0.25, 0.3) is 0 Å². The van der Waals surface area contributed by atoms with Gasteiger partial charge in [-0.15, -0.1) is 0 Å². The maximum atomic E-state index is 11.8. The van der Waals surface area contributed by atoms with Crippen LogP contribution in [0.25, 0.3) is 0 Å². The van der Waals surface area contributed by atoms with E-state index in [0.29, 0.717) is 0 Å². The summed E-state index contributed by atoms with van der Waals surface area (Å²) in [6.07, 6.45) is -0.982. The molecule has 0 bridgehead atoms. The van der Waals surface area contributed by atoms with Crippen LogP contribution in [0.1, 0.15) is 19.4 Å². The number of phenols is 1. The van der Waals surface area contributed by atoms with Gasteiger partial charge in [-0.2, -0.15) is 0 Å². The quantitative estimate of drug-likeness (QED) is 0.654. The summed E-state index contributed by atoms with van der Waals surface area (Å²) in [7, 11) is 0. The summed E-state index contributed by atoms with van der Waals surface area (Å²) in [5.74, 6) is -1.08. The minimum atomic E-state index is -1.20. The van der Waals surface area contributed by atoms with Crippen LogP contribution >= 0.6 is 0 Å². The Morgan fingerprint density at radius 1 is 1.30 bits per heavy atom. The van der Waals surface area contributed by atoms with E-state index in [-0.39, 0.29) is 18.8 Å². The van der Waals surface area contributed by atoms with Crippen molar-refractivity contribution in [2.75, 3.05) is 6.61 Å². The van der Waals surface area contributed by atoms with Crippen molar-refractivity contribution in [3.63, 3.8) is 0 Å². The van der Waals surface area contributed by atoms with Gasteiger partial charge in [0, 0.05) is 6.42 Å². The lowest BCUT2D eigenvalue weighted by Gasteiger charge is -2.18. The molecule has 0 fully saturated rings. The number of carbonyl (C=O) groups excluding carboxylic acids is 2.